The molecule has 1 atom stereocenters. The van der Waals surface area contributed by atoms with E-state index in [2.05, 4.69) is 37.6 Å². The zero-order valence-corrected chi connectivity index (χ0v) is 19.0. The third-order valence-corrected chi connectivity index (χ3v) is 5.92. The zero-order chi connectivity index (χ0) is 24.6. The van der Waals surface area contributed by atoms with Gasteiger partial charge < -0.3 is 15.5 Å². The van der Waals surface area contributed by atoms with E-state index in [-0.39, 0.29) is 24.0 Å². The van der Waals surface area contributed by atoms with Crippen LogP contribution in [0, 0.1) is 10.1 Å². The van der Waals surface area contributed by atoms with E-state index in [1.54, 1.807) is 12.4 Å². The van der Waals surface area contributed by atoms with Crippen molar-refractivity contribution in [1.82, 2.24) is 15.2 Å². The molecule has 1 aliphatic heterocycles. The quantitative estimate of drug-likeness (QED) is 0.307. The minimum Gasteiger partial charge on any atom is -0.369 e. The Kier molecular flexibility index (Phi) is 7.63. The number of para-hydroxylation sites is 1. The summed E-state index contributed by atoms with van der Waals surface area (Å²) in [7, 11) is 0. The average molecular weight is 475 g/mol. The molecule has 0 saturated carbocycles. The number of amides is 2. The summed E-state index contributed by atoms with van der Waals surface area (Å²) in [5, 5.41) is 16.1. The Morgan fingerprint density at radius 2 is 1.74 bits per heavy atom. The van der Waals surface area contributed by atoms with Crippen LogP contribution in [-0.2, 0) is 9.59 Å². The Bertz CT molecular complexity index is 1170. The molecule has 0 bridgehead atoms. The van der Waals surface area contributed by atoms with Gasteiger partial charge in [0.05, 0.1) is 11.0 Å². The molecule has 35 heavy (non-hydrogen) atoms. The first-order valence-corrected chi connectivity index (χ1v) is 11.3. The summed E-state index contributed by atoms with van der Waals surface area (Å²) >= 11 is 0. The summed E-state index contributed by atoms with van der Waals surface area (Å²) in [4.78, 5) is 44.1. The fourth-order valence-corrected chi connectivity index (χ4v) is 4.12. The number of hydrogen-bond donors (Lipinski definition) is 2. The molecule has 1 aromatic heterocycles. The van der Waals surface area contributed by atoms with Crippen LogP contribution in [0.1, 0.15) is 11.6 Å². The van der Waals surface area contributed by atoms with E-state index in [1.165, 1.54) is 30.0 Å². The first-order valence-electron chi connectivity index (χ1n) is 11.3. The molecule has 2 N–H and O–H groups in total. The van der Waals surface area contributed by atoms with Gasteiger partial charge in [-0.3, -0.25) is 29.6 Å². The minimum absolute atomic E-state index is 0.156. The molecule has 2 aromatic carbocycles. The summed E-state index contributed by atoms with van der Waals surface area (Å²) < 4.78 is 0. The van der Waals surface area contributed by atoms with E-state index >= 15 is 0 Å². The Labute approximate surface area is 202 Å². The lowest BCUT2D eigenvalue weighted by atomic mass is 10.1. The van der Waals surface area contributed by atoms with E-state index in [9.17, 15) is 19.7 Å². The Morgan fingerprint density at radius 1 is 0.971 bits per heavy atom. The van der Waals surface area contributed by atoms with Crippen LogP contribution in [0.5, 0.6) is 0 Å². The molecule has 10 nitrogen and oxygen atoms in total. The molecule has 0 spiro atoms. The predicted molar refractivity (Wildman–Crippen MR) is 132 cm³/mol. The van der Waals surface area contributed by atoms with Crippen LogP contribution in [0.25, 0.3) is 0 Å². The topological polar surface area (TPSA) is 121 Å². The van der Waals surface area contributed by atoms with Crippen LogP contribution in [0.4, 0.5) is 17.1 Å². The maximum absolute atomic E-state index is 12.5. The molecule has 0 unspecified atom stereocenters. The standard InChI is InChI=1S/C25H26N6O4/c32-24(25(33)28-20-7-4-10-22(16-20)31(34)35)27-18-23(19-6-5-11-26-17-19)30-14-12-29(13-15-30)21-8-2-1-3-9-21/h1-11,16-17,23H,12-15,18H2,(H,27,32)(H,28,33)/t23-/m1/s1. The molecule has 4 rings (SSSR count). The number of carbonyl (C=O) groups is 2. The van der Waals surface area contributed by atoms with Crippen molar-refractivity contribution >= 4 is 28.9 Å². The van der Waals surface area contributed by atoms with E-state index in [4.69, 9.17) is 0 Å². The molecule has 1 saturated heterocycles. The molecule has 3 aromatic rings. The minimum atomic E-state index is -0.885. The number of piperazine rings is 1. The number of hydrogen-bond acceptors (Lipinski definition) is 7. The van der Waals surface area contributed by atoms with Crippen molar-refractivity contribution in [2.45, 2.75) is 6.04 Å². The van der Waals surface area contributed by atoms with Gasteiger partial charge in [0, 0.05) is 68.6 Å². The van der Waals surface area contributed by atoms with Crippen molar-refractivity contribution in [3.63, 3.8) is 0 Å². The molecule has 10 heteroatoms. The van der Waals surface area contributed by atoms with Crippen molar-refractivity contribution in [1.29, 1.82) is 0 Å². The van der Waals surface area contributed by atoms with Gasteiger partial charge in [-0.1, -0.05) is 30.3 Å². The lowest BCUT2D eigenvalue weighted by molar-refractivity contribution is -0.384. The summed E-state index contributed by atoms with van der Waals surface area (Å²) in [6.07, 6.45) is 3.46. The van der Waals surface area contributed by atoms with Gasteiger partial charge >= 0.3 is 11.8 Å². The van der Waals surface area contributed by atoms with E-state index < -0.39 is 16.7 Å². The fraction of sp³-hybridized carbons (Fsp3) is 0.240. The molecular weight excluding hydrogens is 448 g/mol. The van der Waals surface area contributed by atoms with Crippen LogP contribution in [0.15, 0.2) is 79.1 Å². The highest BCUT2D eigenvalue weighted by Crippen LogP contribution is 2.23. The summed E-state index contributed by atoms with van der Waals surface area (Å²) in [5.74, 6) is -1.70. The van der Waals surface area contributed by atoms with E-state index in [0.717, 1.165) is 31.7 Å². The highest BCUT2D eigenvalue weighted by Gasteiger charge is 2.27. The monoisotopic (exact) mass is 474 g/mol. The number of anilines is 2. The highest BCUT2D eigenvalue weighted by molar-refractivity contribution is 6.39. The molecular formula is C25H26N6O4. The Balaban J connectivity index is 1.38. The number of rotatable bonds is 7. The number of benzene rings is 2. The Hall–Kier alpha value is -4.31. The summed E-state index contributed by atoms with van der Waals surface area (Å²) in [6, 6.07) is 19.3. The Morgan fingerprint density at radius 3 is 2.43 bits per heavy atom. The third kappa shape index (κ3) is 6.18. The molecule has 1 aliphatic rings. The lowest BCUT2D eigenvalue weighted by Gasteiger charge is -2.40. The number of nitro groups is 1. The van der Waals surface area contributed by atoms with Crippen LogP contribution in [0.2, 0.25) is 0 Å². The summed E-state index contributed by atoms with van der Waals surface area (Å²) in [5.41, 5.74) is 2.13. The van der Waals surface area contributed by atoms with Gasteiger partial charge in [0.1, 0.15) is 0 Å². The zero-order valence-electron chi connectivity index (χ0n) is 19.0. The molecule has 0 aliphatic carbocycles. The summed E-state index contributed by atoms with van der Waals surface area (Å²) in [6.45, 7) is 3.45. The molecule has 2 heterocycles. The van der Waals surface area contributed by atoms with Gasteiger partial charge in [0.2, 0.25) is 0 Å². The normalized spacial score (nSPS) is 14.7. The number of nitrogens with zero attached hydrogens (tertiary/aromatic N) is 4. The highest BCUT2D eigenvalue weighted by atomic mass is 16.6. The van der Waals surface area contributed by atoms with Crippen LogP contribution in [-0.4, -0.2) is 59.3 Å². The third-order valence-electron chi connectivity index (χ3n) is 5.92. The average Bonchev–Trinajstić information content (AvgIpc) is 2.90. The number of non-ortho nitro benzene ring substituents is 1. The van der Waals surface area contributed by atoms with Gasteiger partial charge in [0.15, 0.2) is 0 Å². The maximum atomic E-state index is 12.5. The molecule has 0 radical (unpaired) electrons. The number of aromatic nitrogens is 1. The second-order valence-corrected chi connectivity index (χ2v) is 8.13. The predicted octanol–water partition coefficient (Wildman–Crippen LogP) is 2.61. The number of carbonyl (C=O) groups excluding carboxylic acids is 2. The molecule has 1 fully saturated rings. The van der Waals surface area contributed by atoms with Crippen molar-refractivity contribution in [2.75, 3.05) is 42.9 Å². The number of pyridine rings is 1. The molecule has 180 valence electrons. The van der Waals surface area contributed by atoms with Gasteiger partial charge in [-0.05, 0) is 29.8 Å². The van der Waals surface area contributed by atoms with Crippen LogP contribution in [0.3, 0.4) is 0 Å². The smallest absolute Gasteiger partial charge is 0.313 e. The SMILES string of the molecule is O=C(NC[C@H](c1cccnc1)N1CCN(c2ccccc2)CC1)C(=O)Nc1cccc([N+](=O)[O-])c1. The maximum Gasteiger partial charge on any atom is 0.313 e. The van der Waals surface area contributed by atoms with Gasteiger partial charge in [-0.15, -0.1) is 0 Å². The van der Waals surface area contributed by atoms with Crippen molar-refractivity contribution in [3.8, 4) is 0 Å². The van der Waals surface area contributed by atoms with Crippen LogP contribution < -0.4 is 15.5 Å². The number of nitrogens with one attached hydrogen (secondary N) is 2. The van der Waals surface area contributed by atoms with Crippen LogP contribution >= 0.6 is 0 Å². The van der Waals surface area contributed by atoms with E-state index in [0.29, 0.717) is 0 Å². The van der Waals surface area contributed by atoms with Crippen molar-refractivity contribution in [2.24, 2.45) is 0 Å². The van der Waals surface area contributed by atoms with Gasteiger partial charge in [0.25, 0.3) is 5.69 Å². The number of nitro benzene ring substituents is 1. The largest absolute Gasteiger partial charge is 0.369 e. The van der Waals surface area contributed by atoms with E-state index in [1.807, 2.05) is 30.3 Å². The second kappa shape index (κ2) is 11.2. The lowest BCUT2D eigenvalue weighted by Crippen LogP contribution is -2.50. The van der Waals surface area contributed by atoms with Gasteiger partial charge in [-0.2, -0.15) is 0 Å². The molecule has 2 amide bonds. The van der Waals surface area contributed by atoms with Gasteiger partial charge in [-0.25, -0.2) is 0 Å². The second-order valence-electron chi connectivity index (χ2n) is 8.13. The first-order chi connectivity index (χ1) is 17.0. The first kappa shape index (κ1) is 23.8. The van der Waals surface area contributed by atoms with Crippen molar-refractivity contribution < 1.29 is 14.5 Å². The van der Waals surface area contributed by atoms with Crippen molar-refractivity contribution in [3.05, 3.63) is 94.8 Å². The fourth-order valence-electron chi connectivity index (χ4n) is 4.12.